The Morgan fingerprint density at radius 1 is 1.09 bits per heavy atom. The van der Waals surface area contributed by atoms with E-state index in [1.165, 1.54) is 24.3 Å². The molecule has 1 N–H and O–H groups in total. The Kier molecular flexibility index (Phi) is 8.14. The normalized spacial score (nSPS) is 16.4. The van der Waals surface area contributed by atoms with Gasteiger partial charge in [-0.1, -0.05) is 31.2 Å². The highest BCUT2D eigenvalue weighted by atomic mass is 32.2. The minimum Gasteiger partial charge on any atom is -0.379 e. The average molecular weight is 485 g/mol. The van der Waals surface area contributed by atoms with Crippen molar-refractivity contribution in [3.63, 3.8) is 0 Å². The van der Waals surface area contributed by atoms with E-state index in [2.05, 4.69) is 5.32 Å². The van der Waals surface area contributed by atoms with E-state index in [0.29, 0.717) is 38.3 Å². The lowest BCUT2D eigenvalue weighted by atomic mass is 10.0. The van der Waals surface area contributed by atoms with E-state index < -0.39 is 27.5 Å². The van der Waals surface area contributed by atoms with Crippen molar-refractivity contribution >= 4 is 15.7 Å². The van der Waals surface area contributed by atoms with E-state index in [1.54, 1.807) is 19.1 Å². The molecule has 2 aromatic rings. The summed E-state index contributed by atoms with van der Waals surface area (Å²) in [6.07, 6.45) is -4.01. The summed E-state index contributed by atoms with van der Waals surface area (Å²) in [6, 6.07) is 10.5. The van der Waals surface area contributed by atoms with Gasteiger partial charge in [-0.25, -0.2) is 8.42 Å². The third-order valence-electron chi connectivity index (χ3n) is 5.50. The van der Waals surface area contributed by atoms with Gasteiger partial charge in [-0.3, -0.25) is 9.69 Å². The number of morpholine rings is 1. The Morgan fingerprint density at radius 2 is 1.73 bits per heavy atom. The van der Waals surface area contributed by atoms with Gasteiger partial charge in [0.25, 0.3) is 5.91 Å². The first-order valence-corrected chi connectivity index (χ1v) is 12.4. The highest BCUT2D eigenvalue weighted by Gasteiger charge is 2.31. The summed E-state index contributed by atoms with van der Waals surface area (Å²) < 4.78 is 69.5. The van der Waals surface area contributed by atoms with E-state index in [0.717, 1.165) is 12.1 Å². The van der Waals surface area contributed by atoms with E-state index in [-0.39, 0.29) is 28.8 Å². The van der Waals surface area contributed by atoms with Gasteiger partial charge >= 0.3 is 6.18 Å². The Morgan fingerprint density at radius 3 is 2.33 bits per heavy atom. The van der Waals surface area contributed by atoms with Crippen LogP contribution in [-0.4, -0.2) is 57.8 Å². The van der Waals surface area contributed by atoms with Crippen LogP contribution in [0.2, 0.25) is 0 Å². The fraction of sp³-hybridized carbons (Fsp3) is 0.435. The molecule has 0 saturated carbocycles. The van der Waals surface area contributed by atoms with Gasteiger partial charge in [0, 0.05) is 19.6 Å². The molecule has 1 aliphatic rings. The second kappa shape index (κ2) is 10.7. The molecule has 1 atom stereocenters. The number of alkyl halides is 3. The third kappa shape index (κ3) is 6.33. The van der Waals surface area contributed by atoms with Crippen molar-refractivity contribution in [2.24, 2.45) is 0 Å². The quantitative estimate of drug-likeness (QED) is 0.619. The number of carbonyl (C=O) groups excluding carboxylic acids is 1. The monoisotopic (exact) mass is 484 g/mol. The maximum atomic E-state index is 13.0. The molecule has 0 aliphatic carbocycles. The summed E-state index contributed by atoms with van der Waals surface area (Å²) in [5.74, 6) is -0.616. The molecule has 0 bridgehead atoms. The maximum absolute atomic E-state index is 13.0. The molecule has 1 unspecified atom stereocenters. The summed E-state index contributed by atoms with van der Waals surface area (Å²) in [4.78, 5) is 15.0. The SMILES string of the molecule is CCCS(=O)(=O)c1ccccc1C(=O)NCC(c1ccc(C(F)(F)F)cc1)N1CCOCC1. The van der Waals surface area contributed by atoms with Crippen LogP contribution in [0.25, 0.3) is 0 Å². The number of nitrogens with one attached hydrogen (secondary N) is 1. The van der Waals surface area contributed by atoms with Gasteiger partial charge in [0.2, 0.25) is 0 Å². The molecule has 1 aliphatic heterocycles. The Hall–Kier alpha value is -2.43. The van der Waals surface area contributed by atoms with Crippen LogP contribution in [0.4, 0.5) is 13.2 Å². The first-order chi connectivity index (χ1) is 15.6. The van der Waals surface area contributed by atoms with Crippen molar-refractivity contribution in [3.8, 4) is 0 Å². The van der Waals surface area contributed by atoms with Crippen LogP contribution in [0.5, 0.6) is 0 Å². The van der Waals surface area contributed by atoms with Gasteiger partial charge in [0.15, 0.2) is 9.84 Å². The zero-order valence-corrected chi connectivity index (χ0v) is 19.1. The van der Waals surface area contributed by atoms with Crippen LogP contribution in [0.3, 0.4) is 0 Å². The van der Waals surface area contributed by atoms with Gasteiger partial charge in [0.1, 0.15) is 0 Å². The molecule has 1 amide bonds. The molecular weight excluding hydrogens is 457 g/mol. The molecule has 2 aromatic carbocycles. The summed E-state index contributed by atoms with van der Waals surface area (Å²) in [5, 5.41) is 2.79. The zero-order chi connectivity index (χ0) is 24.1. The molecule has 33 heavy (non-hydrogen) atoms. The number of hydrogen-bond acceptors (Lipinski definition) is 5. The first-order valence-electron chi connectivity index (χ1n) is 10.7. The van der Waals surface area contributed by atoms with Gasteiger partial charge in [-0.05, 0) is 36.2 Å². The lowest BCUT2D eigenvalue weighted by Crippen LogP contribution is -2.44. The minimum atomic E-state index is -4.44. The van der Waals surface area contributed by atoms with Crippen LogP contribution in [0, 0.1) is 0 Å². The Bertz CT molecular complexity index is 1050. The number of amides is 1. The number of carbonyl (C=O) groups is 1. The standard InChI is InChI=1S/C23H27F3N2O4S/c1-2-15-33(30,31)21-6-4-3-5-19(21)22(29)27-16-20(28-11-13-32-14-12-28)17-7-9-18(10-8-17)23(24,25)26/h3-10,20H,2,11-16H2,1H3,(H,27,29). The Labute approximate surface area is 191 Å². The summed E-state index contributed by atoms with van der Waals surface area (Å²) in [7, 11) is -3.61. The van der Waals surface area contributed by atoms with Crippen molar-refractivity contribution < 1.29 is 31.1 Å². The molecule has 1 heterocycles. The molecule has 0 spiro atoms. The molecule has 1 saturated heterocycles. The fourth-order valence-corrected chi connectivity index (χ4v) is 5.37. The molecule has 3 rings (SSSR count). The molecule has 6 nitrogen and oxygen atoms in total. The van der Waals surface area contributed by atoms with Gasteiger partial charge in [0.05, 0.1) is 41.0 Å². The number of sulfone groups is 1. The number of halogens is 3. The number of hydrogen-bond donors (Lipinski definition) is 1. The summed E-state index contributed by atoms with van der Waals surface area (Å²) in [6.45, 7) is 3.92. The number of nitrogens with zero attached hydrogens (tertiary/aromatic N) is 1. The van der Waals surface area contributed by atoms with Gasteiger partial charge in [-0.2, -0.15) is 13.2 Å². The molecule has 0 aromatic heterocycles. The largest absolute Gasteiger partial charge is 0.416 e. The molecule has 0 radical (unpaired) electrons. The van der Waals surface area contributed by atoms with Crippen molar-refractivity contribution in [1.82, 2.24) is 10.2 Å². The van der Waals surface area contributed by atoms with Crippen LogP contribution in [-0.2, 0) is 20.8 Å². The first kappa shape index (κ1) is 25.2. The maximum Gasteiger partial charge on any atom is 0.416 e. The van der Waals surface area contributed by atoms with Gasteiger partial charge in [-0.15, -0.1) is 0 Å². The van der Waals surface area contributed by atoms with E-state index in [1.807, 2.05) is 4.90 Å². The second-order valence-corrected chi connectivity index (χ2v) is 9.89. The second-order valence-electron chi connectivity index (χ2n) is 7.81. The molecule has 10 heteroatoms. The summed E-state index contributed by atoms with van der Waals surface area (Å²) >= 11 is 0. The van der Waals surface area contributed by atoms with Crippen LogP contribution in [0.15, 0.2) is 53.4 Å². The molecule has 180 valence electrons. The summed E-state index contributed by atoms with van der Waals surface area (Å²) in [5.41, 5.74) is -0.0674. The highest BCUT2D eigenvalue weighted by molar-refractivity contribution is 7.91. The smallest absolute Gasteiger partial charge is 0.379 e. The topological polar surface area (TPSA) is 75.7 Å². The Balaban J connectivity index is 1.83. The van der Waals surface area contributed by atoms with Crippen molar-refractivity contribution in [2.45, 2.75) is 30.5 Å². The number of rotatable bonds is 8. The lowest BCUT2D eigenvalue weighted by molar-refractivity contribution is -0.137. The third-order valence-corrected chi connectivity index (χ3v) is 7.48. The van der Waals surface area contributed by atoms with Crippen LogP contribution < -0.4 is 5.32 Å². The number of benzene rings is 2. The van der Waals surface area contributed by atoms with Crippen LogP contribution in [0.1, 0.15) is 40.9 Å². The van der Waals surface area contributed by atoms with Crippen molar-refractivity contribution in [2.75, 3.05) is 38.6 Å². The van der Waals surface area contributed by atoms with E-state index >= 15 is 0 Å². The van der Waals surface area contributed by atoms with Crippen molar-refractivity contribution in [1.29, 1.82) is 0 Å². The predicted molar refractivity (Wildman–Crippen MR) is 118 cm³/mol. The lowest BCUT2D eigenvalue weighted by Gasteiger charge is -2.35. The van der Waals surface area contributed by atoms with E-state index in [9.17, 15) is 26.4 Å². The van der Waals surface area contributed by atoms with E-state index in [4.69, 9.17) is 4.74 Å². The molecule has 1 fully saturated rings. The average Bonchev–Trinajstić information content (AvgIpc) is 2.79. The highest BCUT2D eigenvalue weighted by Crippen LogP contribution is 2.31. The molecular formula is C23H27F3N2O4S. The number of ether oxygens (including phenoxy) is 1. The fourth-order valence-electron chi connectivity index (χ4n) is 3.83. The van der Waals surface area contributed by atoms with Crippen molar-refractivity contribution in [3.05, 3.63) is 65.2 Å². The minimum absolute atomic E-state index is 0.0261. The predicted octanol–water partition coefficient (Wildman–Crippen LogP) is 3.69. The van der Waals surface area contributed by atoms with Crippen LogP contribution >= 0.6 is 0 Å². The van der Waals surface area contributed by atoms with Gasteiger partial charge < -0.3 is 10.1 Å². The zero-order valence-electron chi connectivity index (χ0n) is 18.3.